The van der Waals surface area contributed by atoms with E-state index < -0.39 is 0 Å². The molecule has 3 aromatic rings. The van der Waals surface area contributed by atoms with Crippen LogP contribution in [0.25, 0.3) is 10.8 Å². The molecule has 4 heteroatoms. The molecule has 0 saturated carbocycles. The summed E-state index contributed by atoms with van der Waals surface area (Å²) in [4.78, 5) is 7.36. The van der Waals surface area contributed by atoms with Crippen LogP contribution in [0.15, 0.2) is 48.8 Å². The van der Waals surface area contributed by atoms with Crippen molar-refractivity contribution in [3.05, 3.63) is 66.0 Å². The highest BCUT2D eigenvalue weighted by molar-refractivity contribution is 5.86. The Morgan fingerprint density at radius 1 is 1.20 bits per heavy atom. The first-order chi connectivity index (χ1) is 9.79. The average molecular weight is 269 g/mol. The lowest BCUT2D eigenvalue weighted by Gasteiger charge is -2.18. The highest BCUT2D eigenvalue weighted by Crippen LogP contribution is 2.27. The molecule has 2 N–H and O–H groups in total. The van der Waals surface area contributed by atoms with Gasteiger partial charge in [-0.05, 0) is 24.1 Å². The first-order valence-corrected chi connectivity index (χ1v) is 6.62. The van der Waals surface area contributed by atoms with Crippen molar-refractivity contribution in [2.45, 2.75) is 12.5 Å². The van der Waals surface area contributed by atoms with Gasteiger partial charge in [0.15, 0.2) is 0 Å². The average Bonchev–Trinajstić information content (AvgIpc) is 2.99. The van der Waals surface area contributed by atoms with Crippen LogP contribution in [0.1, 0.15) is 17.4 Å². The van der Waals surface area contributed by atoms with Gasteiger partial charge in [-0.15, -0.1) is 0 Å². The summed E-state index contributed by atoms with van der Waals surface area (Å²) in [5, 5.41) is 4.89. The van der Waals surface area contributed by atoms with Crippen molar-refractivity contribution < 1.29 is 4.39 Å². The first-order valence-electron chi connectivity index (χ1n) is 6.62. The molecule has 3 rings (SSSR count). The molecule has 1 heterocycles. The number of nitrogens with one attached hydrogen (secondary N) is 2. The lowest BCUT2D eigenvalue weighted by Crippen LogP contribution is -2.19. The summed E-state index contributed by atoms with van der Waals surface area (Å²) in [6.45, 7) is 0. The molecule has 0 aliphatic carbocycles. The van der Waals surface area contributed by atoms with E-state index in [2.05, 4.69) is 15.3 Å². The Kier molecular flexibility index (Phi) is 3.48. The maximum Gasteiger partial charge on any atom is 0.131 e. The van der Waals surface area contributed by atoms with Gasteiger partial charge in [0.25, 0.3) is 0 Å². The third kappa shape index (κ3) is 2.30. The Hall–Kier alpha value is -2.20. The fraction of sp³-hybridized carbons (Fsp3) is 0.188. The Morgan fingerprint density at radius 3 is 2.70 bits per heavy atom. The van der Waals surface area contributed by atoms with E-state index >= 15 is 0 Å². The van der Waals surface area contributed by atoms with Gasteiger partial charge >= 0.3 is 0 Å². The van der Waals surface area contributed by atoms with Crippen molar-refractivity contribution >= 4 is 10.8 Å². The Balaban J connectivity index is 2.05. The molecule has 1 atom stereocenters. The maximum absolute atomic E-state index is 13.9. The number of nitrogens with zero attached hydrogens (tertiary/aromatic N) is 1. The van der Waals surface area contributed by atoms with Crippen molar-refractivity contribution in [3.63, 3.8) is 0 Å². The second-order valence-electron chi connectivity index (χ2n) is 4.76. The number of hydrogen-bond donors (Lipinski definition) is 2. The fourth-order valence-electron chi connectivity index (χ4n) is 2.56. The van der Waals surface area contributed by atoms with E-state index in [1.807, 2.05) is 43.6 Å². The molecule has 0 aliphatic rings. The lowest BCUT2D eigenvalue weighted by atomic mass is 9.96. The first kappa shape index (κ1) is 12.8. The van der Waals surface area contributed by atoms with E-state index in [1.54, 1.807) is 6.20 Å². The Labute approximate surface area is 116 Å². The van der Waals surface area contributed by atoms with Gasteiger partial charge in [-0.3, -0.25) is 0 Å². The molecule has 102 valence electrons. The van der Waals surface area contributed by atoms with E-state index in [4.69, 9.17) is 0 Å². The molecule has 2 aromatic carbocycles. The quantitative estimate of drug-likeness (QED) is 0.763. The molecule has 1 unspecified atom stereocenters. The van der Waals surface area contributed by atoms with Gasteiger partial charge in [-0.2, -0.15) is 0 Å². The number of likely N-dealkylation sites (N-methyl/N-ethyl adjacent to an activating group) is 1. The van der Waals surface area contributed by atoms with Crippen LogP contribution < -0.4 is 5.32 Å². The van der Waals surface area contributed by atoms with Gasteiger partial charge in [-0.1, -0.05) is 30.3 Å². The lowest BCUT2D eigenvalue weighted by molar-refractivity contribution is 0.579. The number of imidazole rings is 1. The van der Waals surface area contributed by atoms with Crippen molar-refractivity contribution in [2.24, 2.45) is 0 Å². The third-order valence-corrected chi connectivity index (χ3v) is 3.58. The fourth-order valence-corrected chi connectivity index (χ4v) is 2.56. The third-order valence-electron chi connectivity index (χ3n) is 3.58. The highest BCUT2D eigenvalue weighted by atomic mass is 19.1. The molecule has 0 saturated heterocycles. The molecular weight excluding hydrogens is 253 g/mol. The van der Waals surface area contributed by atoms with Crippen LogP contribution in [0.3, 0.4) is 0 Å². The van der Waals surface area contributed by atoms with Crippen molar-refractivity contribution in [1.29, 1.82) is 0 Å². The van der Waals surface area contributed by atoms with E-state index in [-0.39, 0.29) is 11.9 Å². The van der Waals surface area contributed by atoms with Crippen molar-refractivity contribution in [3.8, 4) is 0 Å². The predicted molar refractivity (Wildman–Crippen MR) is 78.0 cm³/mol. The van der Waals surface area contributed by atoms with Crippen LogP contribution in [0.5, 0.6) is 0 Å². The Morgan fingerprint density at radius 2 is 2.00 bits per heavy atom. The normalized spacial score (nSPS) is 12.7. The molecule has 0 aliphatic heterocycles. The summed E-state index contributed by atoms with van der Waals surface area (Å²) in [5.41, 5.74) is 1.08. The molecule has 0 bridgehead atoms. The number of rotatable bonds is 4. The van der Waals surface area contributed by atoms with Gasteiger partial charge in [0.1, 0.15) is 11.6 Å². The molecular formula is C16H16FN3. The minimum absolute atomic E-state index is 0.0895. The summed E-state index contributed by atoms with van der Waals surface area (Å²) < 4.78 is 13.9. The maximum atomic E-state index is 13.9. The molecule has 1 aromatic heterocycles. The van der Waals surface area contributed by atoms with E-state index in [9.17, 15) is 4.39 Å². The largest absolute Gasteiger partial charge is 0.349 e. The summed E-state index contributed by atoms with van der Waals surface area (Å²) in [6.07, 6.45) is 4.29. The van der Waals surface area contributed by atoms with E-state index in [0.29, 0.717) is 5.39 Å². The topological polar surface area (TPSA) is 40.7 Å². The van der Waals surface area contributed by atoms with Crippen molar-refractivity contribution in [2.75, 3.05) is 7.05 Å². The molecule has 0 radical (unpaired) electrons. The van der Waals surface area contributed by atoms with Crippen LogP contribution >= 0.6 is 0 Å². The van der Waals surface area contributed by atoms with Gasteiger partial charge < -0.3 is 10.3 Å². The van der Waals surface area contributed by atoms with Gasteiger partial charge in [-0.25, -0.2) is 9.37 Å². The number of aromatic nitrogens is 2. The van der Waals surface area contributed by atoms with Crippen LogP contribution in [0.2, 0.25) is 0 Å². The second kappa shape index (κ2) is 5.43. The minimum Gasteiger partial charge on any atom is -0.349 e. The smallest absolute Gasteiger partial charge is 0.131 e. The standard InChI is InChI=1S/C16H16FN3/c1-18-15(10-16-19-8-9-20-16)13-6-7-14(17)12-5-3-2-4-11(12)13/h2-9,15,18H,10H2,1H3,(H,19,20). The van der Waals surface area contributed by atoms with E-state index in [0.717, 1.165) is 23.2 Å². The number of hydrogen-bond acceptors (Lipinski definition) is 2. The predicted octanol–water partition coefficient (Wildman–Crippen LogP) is 3.21. The molecule has 3 nitrogen and oxygen atoms in total. The number of halogens is 1. The Bertz CT molecular complexity index is 707. The number of benzene rings is 2. The summed E-state index contributed by atoms with van der Waals surface area (Å²) in [7, 11) is 1.91. The van der Waals surface area contributed by atoms with Gasteiger partial charge in [0.2, 0.25) is 0 Å². The monoisotopic (exact) mass is 269 g/mol. The van der Waals surface area contributed by atoms with Gasteiger partial charge in [0.05, 0.1) is 0 Å². The van der Waals surface area contributed by atoms with Crippen LogP contribution in [0, 0.1) is 5.82 Å². The number of fused-ring (bicyclic) bond motifs is 1. The molecule has 0 amide bonds. The SMILES string of the molecule is CNC(Cc1ncc[nH]1)c1ccc(F)c2ccccc12. The zero-order chi connectivity index (χ0) is 13.9. The van der Waals surface area contributed by atoms with Crippen LogP contribution in [0.4, 0.5) is 4.39 Å². The number of aromatic amines is 1. The summed E-state index contributed by atoms with van der Waals surface area (Å²) >= 11 is 0. The van der Waals surface area contributed by atoms with Crippen molar-refractivity contribution in [1.82, 2.24) is 15.3 Å². The molecule has 0 fully saturated rings. The van der Waals surface area contributed by atoms with Crippen LogP contribution in [-0.2, 0) is 6.42 Å². The summed E-state index contributed by atoms with van der Waals surface area (Å²) in [6, 6.07) is 11.0. The zero-order valence-electron chi connectivity index (χ0n) is 11.2. The minimum atomic E-state index is -0.183. The van der Waals surface area contributed by atoms with Gasteiger partial charge in [0, 0.05) is 30.2 Å². The summed E-state index contributed by atoms with van der Waals surface area (Å²) in [5.74, 6) is 0.731. The highest BCUT2D eigenvalue weighted by Gasteiger charge is 2.15. The van der Waals surface area contributed by atoms with Crippen LogP contribution in [-0.4, -0.2) is 17.0 Å². The number of H-pyrrole nitrogens is 1. The molecule has 0 spiro atoms. The molecule has 20 heavy (non-hydrogen) atoms. The second-order valence-corrected chi connectivity index (χ2v) is 4.76. The zero-order valence-corrected chi connectivity index (χ0v) is 11.2. The van der Waals surface area contributed by atoms with E-state index in [1.165, 1.54) is 6.07 Å².